The zero-order valence-corrected chi connectivity index (χ0v) is 11.7. The first-order chi connectivity index (χ1) is 7.70. The Hall–Kier alpha value is -0.610. The maximum Gasteiger partial charge on any atom is 0.143 e. The lowest BCUT2D eigenvalue weighted by molar-refractivity contribution is 0.203. The third kappa shape index (κ3) is 3.46. The van der Waals surface area contributed by atoms with Crippen LogP contribution in [-0.4, -0.2) is 31.3 Å². The lowest BCUT2D eigenvalue weighted by Crippen LogP contribution is -2.36. The van der Waals surface area contributed by atoms with Gasteiger partial charge >= 0.3 is 0 Å². The smallest absolute Gasteiger partial charge is 0.143 e. The van der Waals surface area contributed by atoms with E-state index in [1.807, 2.05) is 18.3 Å². The molecule has 0 saturated heterocycles. The van der Waals surface area contributed by atoms with Crippen molar-refractivity contribution in [1.29, 1.82) is 0 Å². The molecule has 1 aromatic rings. The van der Waals surface area contributed by atoms with E-state index < -0.39 is 0 Å². The van der Waals surface area contributed by atoms with Gasteiger partial charge in [-0.2, -0.15) is 0 Å². The molecule has 0 aliphatic carbocycles. The standard InChI is InChI=1S/C12H19BrN2O/c1-4-10(2)15(8-9-16-3)12-11(13)6-5-7-14-12/h5-7,10H,4,8-9H2,1-3H3. The van der Waals surface area contributed by atoms with Crippen LogP contribution in [0.15, 0.2) is 22.8 Å². The van der Waals surface area contributed by atoms with Gasteiger partial charge in [0.25, 0.3) is 0 Å². The van der Waals surface area contributed by atoms with Crippen molar-refractivity contribution >= 4 is 21.7 Å². The minimum Gasteiger partial charge on any atom is -0.383 e. The maximum absolute atomic E-state index is 5.14. The fraction of sp³-hybridized carbons (Fsp3) is 0.583. The molecule has 0 saturated carbocycles. The number of nitrogens with zero attached hydrogens (tertiary/aromatic N) is 2. The molecule has 16 heavy (non-hydrogen) atoms. The van der Waals surface area contributed by atoms with E-state index in [2.05, 4.69) is 39.7 Å². The fourth-order valence-electron chi connectivity index (χ4n) is 1.53. The van der Waals surface area contributed by atoms with Gasteiger partial charge in [-0.1, -0.05) is 6.92 Å². The molecular weight excluding hydrogens is 268 g/mol. The number of methoxy groups -OCH3 is 1. The Kier molecular flexibility index (Phi) is 5.77. The summed E-state index contributed by atoms with van der Waals surface area (Å²) in [5.41, 5.74) is 0. The van der Waals surface area contributed by atoms with Crippen molar-refractivity contribution in [3.63, 3.8) is 0 Å². The van der Waals surface area contributed by atoms with Crippen LogP contribution in [-0.2, 0) is 4.74 Å². The fourth-order valence-corrected chi connectivity index (χ4v) is 2.02. The molecular formula is C12H19BrN2O. The largest absolute Gasteiger partial charge is 0.383 e. The molecule has 1 unspecified atom stereocenters. The molecule has 1 atom stereocenters. The number of halogens is 1. The molecule has 4 heteroatoms. The minimum atomic E-state index is 0.460. The quantitative estimate of drug-likeness (QED) is 0.804. The molecule has 0 aromatic carbocycles. The SMILES string of the molecule is CCC(C)N(CCOC)c1ncccc1Br. The molecule has 0 radical (unpaired) electrons. The van der Waals surface area contributed by atoms with E-state index in [1.54, 1.807) is 7.11 Å². The summed E-state index contributed by atoms with van der Waals surface area (Å²) in [5.74, 6) is 0.994. The van der Waals surface area contributed by atoms with Gasteiger partial charge in [0.1, 0.15) is 5.82 Å². The predicted octanol–water partition coefficient (Wildman–Crippen LogP) is 3.10. The zero-order chi connectivity index (χ0) is 12.0. The lowest BCUT2D eigenvalue weighted by atomic mass is 10.2. The van der Waals surface area contributed by atoms with Gasteiger partial charge in [0.05, 0.1) is 11.1 Å². The van der Waals surface area contributed by atoms with Crippen LogP contribution in [0.4, 0.5) is 5.82 Å². The van der Waals surface area contributed by atoms with Crippen LogP contribution in [0, 0.1) is 0 Å². The normalized spacial score (nSPS) is 12.5. The van der Waals surface area contributed by atoms with Crippen molar-refractivity contribution in [3.05, 3.63) is 22.8 Å². The molecule has 0 aliphatic heterocycles. The molecule has 1 heterocycles. The van der Waals surface area contributed by atoms with Gasteiger partial charge in [-0.25, -0.2) is 4.98 Å². The lowest BCUT2D eigenvalue weighted by Gasteiger charge is -2.30. The van der Waals surface area contributed by atoms with Crippen LogP contribution < -0.4 is 4.90 Å². The number of hydrogen-bond donors (Lipinski definition) is 0. The van der Waals surface area contributed by atoms with Crippen molar-refractivity contribution in [1.82, 2.24) is 4.98 Å². The molecule has 0 fully saturated rings. The number of hydrogen-bond acceptors (Lipinski definition) is 3. The van der Waals surface area contributed by atoms with Crippen LogP contribution in [0.5, 0.6) is 0 Å². The van der Waals surface area contributed by atoms with E-state index in [4.69, 9.17) is 4.74 Å². The molecule has 1 aromatic heterocycles. The number of anilines is 1. The second-order valence-electron chi connectivity index (χ2n) is 3.75. The third-order valence-corrected chi connectivity index (χ3v) is 3.29. The summed E-state index contributed by atoms with van der Waals surface area (Å²) in [5, 5.41) is 0. The van der Waals surface area contributed by atoms with E-state index in [9.17, 15) is 0 Å². The van der Waals surface area contributed by atoms with Crippen LogP contribution in [0.2, 0.25) is 0 Å². The van der Waals surface area contributed by atoms with Gasteiger partial charge < -0.3 is 9.64 Å². The summed E-state index contributed by atoms with van der Waals surface area (Å²) in [6.45, 7) is 5.96. The Morgan fingerprint density at radius 3 is 2.88 bits per heavy atom. The summed E-state index contributed by atoms with van der Waals surface area (Å²) >= 11 is 3.54. The van der Waals surface area contributed by atoms with E-state index >= 15 is 0 Å². The second kappa shape index (κ2) is 6.86. The van der Waals surface area contributed by atoms with Crippen molar-refractivity contribution in [2.75, 3.05) is 25.2 Å². The summed E-state index contributed by atoms with van der Waals surface area (Å²) in [6, 6.07) is 4.41. The van der Waals surface area contributed by atoms with Gasteiger partial charge in [0, 0.05) is 25.9 Å². The topological polar surface area (TPSA) is 25.4 Å². The number of rotatable bonds is 6. The summed E-state index contributed by atoms with van der Waals surface area (Å²) < 4.78 is 6.18. The van der Waals surface area contributed by atoms with Crippen LogP contribution in [0.1, 0.15) is 20.3 Å². The Labute approximate surface area is 106 Å². The van der Waals surface area contributed by atoms with Gasteiger partial charge in [-0.3, -0.25) is 0 Å². The molecule has 3 nitrogen and oxygen atoms in total. The average molecular weight is 287 g/mol. The maximum atomic E-state index is 5.14. The first-order valence-corrected chi connectivity index (χ1v) is 6.36. The predicted molar refractivity (Wildman–Crippen MR) is 70.9 cm³/mol. The highest BCUT2D eigenvalue weighted by atomic mass is 79.9. The third-order valence-electron chi connectivity index (χ3n) is 2.67. The van der Waals surface area contributed by atoms with E-state index in [1.165, 1.54) is 0 Å². The number of ether oxygens (including phenoxy) is 1. The van der Waals surface area contributed by atoms with Crippen molar-refractivity contribution in [3.8, 4) is 0 Å². The number of aromatic nitrogens is 1. The minimum absolute atomic E-state index is 0.460. The Bertz CT molecular complexity index is 320. The number of pyridine rings is 1. The summed E-state index contributed by atoms with van der Waals surface area (Å²) in [6.07, 6.45) is 2.91. The molecule has 0 spiro atoms. The van der Waals surface area contributed by atoms with E-state index in [-0.39, 0.29) is 0 Å². The molecule has 0 bridgehead atoms. The van der Waals surface area contributed by atoms with Gasteiger partial charge in [0.15, 0.2) is 0 Å². The zero-order valence-electron chi connectivity index (χ0n) is 10.1. The Morgan fingerprint density at radius 1 is 1.56 bits per heavy atom. The average Bonchev–Trinajstić information content (AvgIpc) is 2.31. The highest BCUT2D eigenvalue weighted by Crippen LogP contribution is 2.25. The van der Waals surface area contributed by atoms with Crippen LogP contribution in [0.3, 0.4) is 0 Å². The van der Waals surface area contributed by atoms with Crippen LogP contribution in [0.25, 0.3) is 0 Å². The van der Waals surface area contributed by atoms with Gasteiger partial charge in [0.2, 0.25) is 0 Å². The molecule has 90 valence electrons. The van der Waals surface area contributed by atoms with Crippen molar-refractivity contribution in [2.24, 2.45) is 0 Å². The first kappa shape index (κ1) is 13.5. The Morgan fingerprint density at radius 2 is 2.31 bits per heavy atom. The van der Waals surface area contributed by atoms with Crippen molar-refractivity contribution in [2.45, 2.75) is 26.3 Å². The molecule has 0 amide bonds. The Balaban J connectivity index is 2.87. The van der Waals surface area contributed by atoms with Gasteiger partial charge in [-0.05, 0) is 41.4 Å². The summed E-state index contributed by atoms with van der Waals surface area (Å²) in [4.78, 5) is 6.70. The first-order valence-electron chi connectivity index (χ1n) is 5.56. The van der Waals surface area contributed by atoms with Crippen molar-refractivity contribution < 1.29 is 4.74 Å². The second-order valence-corrected chi connectivity index (χ2v) is 4.61. The van der Waals surface area contributed by atoms with E-state index in [0.717, 1.165) is 23.3 Å². The van der Waals surface area contributed by atoms with Gasteiger partial charge in [-0.15, -0.1) is 0 Å². The monoisotopic (exact) mass is 286 g/mol. The highest BCUT2D eigenvalue weighted by Gasteiger charge is 2.16. The molecule has 0 aliphatic rings. The molecule has 0 N–H and O–H groups in total. The molecule has 1 rings (SSSR count). The summed E-state index contributed by atoms with van der Waals surface area (Å²) in [7, 11) is 1.72. The highest BCUT2D eigenvalue weighted by molar-refractivity contribution is 9.10. The van der Waals surface area contributed by atoms with Crippen LogP contribution >= 0.6 is 15.9 Å². The van der Waals surface area contributed by atoms with E-state index in [0.29, 0.717) is 12.6 Å².